The molecule has 0 aromatic heterocycles. The summed E-state index contributed by atoms with van der Waals surface area (Å²) in [5.41, 5.74) is 0. The Balaban J connectivity index is 4.39. The molecule has 0 radical (unpaired) electrons. The zero-order valence-corrected chi connectivity index (χ0v) is 24.8. The molecule has 6 nitrogen and oxygen atoms in total. The van der Waals surface area contributed by atoms with Crippen LogP contribution in [-0.4, -0.2) is 85.1 Å². The van der Waals surface area contributed by atoms with Crippen molar-refractivity contribution >= 4 is 35.3 Å². The third kappa shape index (κ3) is 13.1. The fourth-order valence-electron chi connectivity index (χ4n) is 3.32. The third-order valence-electron chi connectivity index (χ3n) is 4.68. The van der Waals surface area contributed by atoms with E-state index in [1.54, 1.807) is 23.5 Å². The van der Waals surface area contributed by atoms with Crippen LogP contribution in [0.5, 0.6) is 0 Å². The third-order valence-corrected chi connectivity index (χ3v) is 8.76. The first-order valence-corrected chi connectivity index (χ1v) is 15.7. The largest absolute Gasteiger partial charge is 0.372 e. The van der Waals surface area contributed by atoms with Crippen molar-refractivity contribution < 1.29 is 28.4 Å². The molecule has 2 atom stereocenters. The summed E-state index contributed by atoms with van der Waals surface area (Å²) in [5.74, 6) is 4.19. The second kappa shape index (κ2) is 20.9. The Morgan fingerprint density at radius 3 is 1.12 bits per heavy atom. The van der Waals surface area contributed by atoms with Gasteiger partial charge < -0.3 is 28.4 Å². The molecule has 0 aliphatic carbocycles. The van der Waals surface area contributed by atoms with E-state index in [0.29, 0.717) is 39.6 Å². The molecule has 0 aliphatic rings. The van der Waals surface area contributed by atoms with Gasteiger partial charge in [-0.15, -0.1) is 0 Å². The summed E-state index contributed by atoms with van der Waals surface area (Å²) in [4.78, 5) is 0. The van der Waals surface area contributed by atoms with Gasteiger partial charge in [-0.2, -0.15) is 11.8 Å². The van der Waals surface area contributed by atoms with E-state index in [4.69, 9.17) is 28.4 Å². The topological polar surface area (TPSA) is 55.4 Å². The quantitative estimate of drug-likeness (QED) is 0.106. The van der Waals surface area contributed by atoms with Crippen LogP contribution in [0.25, 0.3) is 0 Å². The van der Waals surface area contributed by atoms with Crippen molar-refractivity contribution in [2.24, 2.45) is 0 Å². The van der Waals surface area contributed by atoms with Crippen LogP contribution in [0.2, 0.25) is 0 Å². The maximum absolute atomic E-state index is 6.02. The number of hydrogen-bond donors (Lipinski definition) is 0. The summed E-state index contributed by atoms with van der Waals surface area (Å²) >= 11 is 5.44. The molecule has 33 heavy (non-hydrogen) atoms. The predicted octanol–water partition coefficient (Wildman–Crippen LogP) is 6.27. The molecule has 0 amide bonds. The first kappa shape index (κ1) is 33.8. The highest BCUT2D eigenvalue weighted by atomic mass is 32.2. The average molecular weight is 531 g/mol. The van der Waals surface area contributed by atoms with Crippen LogP contribution in [0.1, 0.15) is 68.2 Å². The maximum atomic E-state index is 6.02. The monoisotopic (exact) mass is 530 g/mol. The second-order valence-electron chi connectivity index (χ2n) is 7.15. The van der Waals surface area contributed by atoms with Gasteiger partial charge in [0.2, 0.25) is 10.2 Å². The van der Waals surface area contributed by atoms with Gasteiger partial charge >= 0.3 is 0 Å². The van der Waals surface area contributed by atoms with Gasteiger partial charge in [-0.1, -0.05) is 23.5 Å². The molecule has 0 aromatic carbocycles. The molecule has 0 rings (SSSR count). The Bertz CT molecular complexity index is 394. The van der Waals surface area contributed by atoms with Crippen LogP contribution in [-0.2, 0) is 28.4 Å². The Hall–Kier alpha value is 0.810. The van der Waals surface area contributed by atoms with Gasteiger partial charge in [0.1, 0.15) is 12.2 Å². The Morgan fingerprint density at radius 1 is 0.515 bits per heavy atom. The number of ether oxygens (including phenoxy) is 6. The highest BCUT2D eigenvalue weighted by molar-refractivity contribution is 8.01. The summed E-state index contributed by atoms with van der Waals surface area (Å²) in [5, 5.41) is -1.44. The lowest BCUT2D eigenvalue weighted by atomic mass is 10.4. The van der Waals surface area contributed by atoms with Crippen molar-refractivity contribution in [2.45, 2.75) is 90.7 Å². The minimum absolute atomic E-state index is 0.118. The van der Waals surface area contributed by atoms with E-state index in [0.717, 1.165) is 35.9 Å². The highest BCUT2D eigenvalue weighted by Crippen LogP contribution is 2.36. The molecule has 0 bridgehead atoms. The molecule has 0 aliphatic heterocycles. The van der Waals surface area contributed by atoms with E-state index >= 15 is 0 Å². The van der Waals surface area contributed by atoms with E-state index in [1.165, 1.54) is 0 Å². The molecular weight excluding hydrogens is 480 g/mol. The fourth-order valence-corrected chi connectivity index (χ4v) is 7.14. The van der Waals surface area contributed by atoms with Crippen LogP contribution in [0, 0.1) is 0 Å². The molecule has 0 spiro atoms. The summed E-state index contributed by atoms with van der Waals surface area (Å²) in [7, 11) is 0. The lowest BCUT2D eigenvalue weighted by Gasteiger charge is -2.37. The number of hydrogen-bond acceptors (Lipinski definition) is 9. The summed E-state index contributed by atoms with van der Waals surface area (Å²) < 4.78 is 35.7. The highest BCUT2D eigenvalue weighted by Gasteiger charge is 2.40. The lowest BCUT2D eigenvalue weighted by molar-refractivity contribution is -0.224. The van der Waals surface area contributed by atoms with Crippen molar-refractivity contribution in [2.75, 3.05) is 62.7 Å². The predicted molar refractivity (Wildman–Crippen MR) is 146 cm³/mol. The van der Waals surface area contributed by atoms with E-state index in [9.17, 15) is 0 Å². The summed E-state index contributed by atoms with van der Waals surface area (Å²) in [6, 6.07) is 0. The first-order valence-electron chi connectivity index (χ1n) is 12.6. The van der Waals surface area contributed by atoms with Crippen molar-refractivity contribution in [1.29, 1.82) is 0 Å². The Kier molecular flexibility index (Phi) is 21.5. The van der Waals surface area contributed by atoms with Gasteiger partial charge in [0, 0.05) is 39.6 Å². The molecule has 0 saturated heterocycles. The molecular formula is C24H50O6S3. The van der Waals surface area contributed by atoms with Crippen LogP contribution in [0.15, 0.2) is 0 Å². The van der Waals surface area contributed by atoms with Gasteiger partial charge in [-0.05, 0) is 91.2 Å². The Morgan fingerprint density at radius 2 is 0.848 bits per heavy atom. The minimum Gasteiger partial charge on any atom is -0.372 e. The van der Waals surface area contributed by atoms with Crippen LogP contribution in [0.4, 0.5) is 0 Å². The van der Waals surface area contributed by atoms with E-state index in [1.807, 2.05) is 67.2 Å². The standard InChI is InChI=1S/C24H50O6S3/c1-9-25-21(7)23(27-11-3,28-12-4)32-19-15-17-31-18-16-20-33-24(29-13-5,30-14-6)22(8)26-10-2/h21-22H,9-20H2,1-8H3. The van der Waals surface area contributed by atoms with Crippen molar-refractivity contribution in [1.82, 2.24) is 0 Å². The van der Waals surface area contributed by atoms with Crippen molar-refractivity contribution in [3.63, 3.8) is 0 Å². The van der Waals surface area contributed by atoms with E-state index in [-0.39, 0.29) is 12.2 Å². The fraction of sp³-hybridized carbons (Fsp3) is 1.00. The normalized spacial score (nSPS) is 14.5. The molecule has 0 N–H and O–H groups in total. The number of thioether (sulfide) groups is 3. The first-order chi connectivity index (χ1) is 15.9. The molecule has 0 aromatic rings. The van der Waals surface area contributed by atoms with E-state index < -0.39 is 10.2 Å². The lowest BCUT2D eigenvalue weighted by Crippen LogP contribution is -2.45. The van der Waals surface area contributed by atoms with Crippen molar-refractivity contribution in [3.05, 3.63) is 0 Å². The van der Waals surface area contributed by atoms with Gasteiger partial charge in [0.25, 0.3) is 0 Å². The molecule has 0 heterocycles. The average Bonchev–Trinajstić information content (AvgIpc) is 2.78. The molecule has 0 fully saturated rings. The second-order valence-corrected chi connectivity index (χ2v) is 10.9. The van der Waals surface area contributed by atoms with Gasteiger partial charge in [-0.3, -0.25) is 0 Å². The number of rotatable bonds is 24. The molecule has 0 saturated carbocycles. The minimum atomic E-state index is -0.722. The van der Waals surface area contributed by atoms with Gasteiger partial charge in [0.15, 0.2) is 0 Å². The zero-order valence-electron chi connectivity index (χ0n) is 22.3. The van der Waals surface area contributed by atoms with Gasteiger partial charge in [-0.25, -0.2) is 0 Å². The summed E-state index contributed by atoms with van der Waals surface area (Å²) in [6.45, 7) is 19.8. The smallest absolute Gasteiger partial charge is 0.245 e. The molecule has 2 unspecified atom stereocenters. The van der Waals surface area contributed by atoms with Crippen LogP contribution in [0.3, 0.4) is 0 Å². The molecule has 9 heteroatoms. The Labute approximate surface area is 216 Å². The van der Waals surface area contributed by atoms with Crippen LogP contribution < -0.4 is 0 Å². The van der Waals surface area contributed by atoms with Crippen molar-refractivity contribution in [3.8, 4) is 0 Å². The van der Waals surface area contributed by atoms with E-state index in [2.05, 4.69) is 0 Å². The van der Waals surface area contributed by atoms with Crippen LogP contribution >= 0.6 is 35.3 Å². The van der Waals surface area contributed by atoms with Gasteiger partial charge in [0.05, 0.1) is 0 Å². The SMILES string of the molecule is CCOC(C)C(OCC)(OCC)SCCCSCCCSC(OCC)(OCC)C(C)OCC. The summed E-state index contributed by atoms with van der Waals surface area (Å²) in [6.07, 6.45) is 1.97. The maximum Gasteiger partial charge on any atom is 0.245 e. The zero-order chi connectivity index (χ0) is 25.0. The molecule has 200 valence electrons.